The number of anilines is 2. The Morgan fingerprint density at radius 2 is 1.71 bits per heavy atom. The molecule has 1 fully saturated rings. The lowest BCUT2D eigenvalue weighted by Crippen LogP contribution is -2.47. The molecule has 31 heavy (non-hydrogen) atoms. The highest BCUT2D eigenvalue weighted by Gasteiger charge is 2.23. The van der Waals surface area contributed by atoms with Gasteiger partial charge in [-0.2, -0.15) is 4.37 Å². The zero-order valence-electron chi connectivity index (χ0n) is 17.4. The van der Waals surface area contributed by atoms with Gasteiger partial charge < -0.3 is 14.5 Å². The number of fused-ring (bicyclic) bond motifs is 1. The van der Waals surface area contributed by atoms with Crippen LogP contribution in [0.3, 0.4) is 0 Å². The van der Waals surface area contributed by atoms with E-state index in [0.717, 1.165) is 64.2 Å². The van der Waals surface area contributed by atoms with Crippen LogP contribution in [0.15, 0.2) is 48.8 Å². The Bertz CT molecular complexity index is 1220. The predicted octanol–water partition coefficient (Wildman–Crippen LogP) is 5.05. The third-order valence-corrected chi connectivity index (χ3v) is 6.76. The third-order valence-electron chi connectivity index (χ3n) is 5.69. The van der Waals surface area contributed by atoms with Crippen LogP contribution in [0, 0.1) is 6.92 Å². The van der Waals surface area contributed by atoms with Crippen molar-refractivity contribution in [2.45, 2.75) is 6.92 Å². The zero-order valence-corrected chi connectivity index (χ0v) is 19.0. The molecule has 4 aromatic rings. The van der Waals surface area contributed by atoms with E-state index in [9.17, 15) is 0 Å². The molecule has 0 spiro atoms. The van der Waals surface area contributed by atoms with Gasteiger partial charge in [0, 0.05) is 42.5 Å². The van der Waals surface area contributed by atoms with Crippen LogP contribution in [-0.4, -0.2) is 47.6 Å². The quantitative estimate of drug-likeness (QED) is 0.432. The van der Waals surface area contributed by atoms with Crippen LogP contribution >= 0.6 is 23.1 Å². The summed E-state index contributed by atoms with van der Waals surface area (Å²) in [4.78, 5) is 13.9. The monoisotopic (exact) mass is 451 g/mol. The molecule has 2 aromatic carbocycles. The highest BCUT2D eigenvalue weighted by atomic mass is 35.5. The van der Waals surface area contributed by atoms with E-state index in [1.54, 1.807) is 13.4 Å². The van der Waals surface area contributed by atoms with E-state index in [2.05, 4.69) is 38.8 Å². The smallest absolute Gasteiger partial charge is 0.151 e. The van der Waals surface area contributed by atoms with Crippen LogP contribution in [0.25, 0.3) is 21.5 Å². The fourth-order valence-corrected chi connectivity index (χ4v) is 5.04. The Kier molecular flexibility index (Phi) is 5.38. The number of hydrogen-bond acceptors (Lipinski definition) is 7. The number of piperazine rings is 1. The predicted molar refractivity (Wildman–Crippen MR) is 128 cm³/mol. The van der Waals surface area contributed by atoms with Gasteiger partial charge in [-0.25, -0.2) is 9.97 Å². The van der Waals surface area contributed by atoms with Crippen molar-refractivity contribution in [2.75, 3.05) is 43.1 Å². The summed E-state index contributed by atoms with van der Waals surface area (Å²) >= 11 is 7.69. The molecule has 0 saturated carbocycles. The van der Waals surface area contributed by atoms with Crippen molar-refractivity contribution in [1.29, 1.82) is 0 Å². The van der Waals surface area contributed by atoms with Crippen molar-refractivity contribution in [1.82, 2.24) is 14.3 Å². The molecule has 1 saturated heterocycles. The van der Waals surface area contributed by atoms with E-state index in [1.165, 1.54) is 22.8 Å². The summed E-state index contributed by atoms with van der Waals surface area (Å²) in [5, 5.41) is 0.774. The molecule has 0 radical (unpaired) electrons. The fraction of sp³-hybridized carbons (Fsp3) is 0.261. The molecule has 0 unspecified atom stereocenters. The van der Waals surface area contributed by atoms with Crippen LogP contribution in [0.1, 0.15) is 5.56 Å². The van der Waals surface area contributed by atoms with Crippen molar-refractivity contribution in [3.8, 4) is 17.0 Å². The second kappa shape index (κ2) is 8.32. The van der Waals surface area contributed by atoms with E-state index in [0.29, 0.717) is 0 Å². The summed E-state index contributed by atoms with van der Waals surface area (Å²) in [6, 6.07) is 14.0. The number of aryl methyl sites for hydroxylation is 1. The van der Waals surface area contributed by atoms with Crippen molar-refractivity contribution < 1.29 is 4.74 Å². The number of rotatable bonds is 4. The summed E-state index contributed by atoms with van der Waals surface area (Å²) in [7, 11) is 1.67. The number of aromatic nitrogens is 3. The first kappa shape index (κ1) is 20.0. The third kappa shape index (κ3) is 3.79. The molecule has 0 aliphatic carbocycles. The minimum atomic E-state index is 0.774. The topological polar surface area (TPSA) is 54.4 Å². The molecule has 0 bridgehead atoms. The summed E-state index contributed by atoms with van der Waals surface area (Å²) in [6.45, 7) is 5.72. The Morgan fingerprint density at radius 3 is 2.45 bits per heavy atom. The largest absolute Gasteiger partial charge is 0.497 e. The number of hydrogen-bond donors (Lipinski definition) is 0. The normalized spacial score (nSPS) is 14.3. The molecule has 8 heteroatoms. The maximum atomic E-state index is 6.23. The minimum absolute atomic E-state index is 0.774. The molecule has 1 aliphatic rings. The minimum Gasteiger partial charge on any atom is -0.497 e. The molecule has 0 amide bonds. The first-order valence-corrected chi connectivity index (χ1v) is 11.3. The lowest BCUT2D eigenvalue weighted by molar-refractivity contribution is 0.415. The van der Waals surface area contributed by atoms with Gasteiger partial charge >= 0.3 is 0 Å². The number of methoxy groups -OCH3 is 1. The van der Waals surface area contributed by atoms with E-state index in [-0.39, 0.29) is 0 Å². The van der Waals surface area contributed by atoms with Crippen LogP contribution in [-0.2, 0) is 0 Å². The number of halogens is 1. The first-order chi connectivity index (χ1) is 15.1. The van der Waals surface area contributed by atoms with Crippen LogP contribution in [0.4, 0.5) is 11.5 Å². The van der Waals surface area contributed by atoms with Gasteiger partial charge in [0.15, 0.2) is 5.82 Å². The van der Waals surface area contributed by atoms with Gasteiger partial charge in [0.05, 0.1) is 7.11 Å². The number of ether oxygens (including phenoxy) is 1. The maximum Gasteiger partial charge on any atom is 0.151 e. The molecule has 0 atom stereocenters. The Morgan fingerprint density at radius 1 is 0.968 bits per heavy atom. The molecule has 2 aromatic heterocycles. The van der Waals surface area contributed by atoms with Gasteiger partial charge in [0.25, 0.3) is 0 Å². The number of benzene rings is 2. The summed E-state index contributed by atoms with van der Waals surface area (Å²) in [5.74, 6) is 1.79. The van der Waals surface area contributed by atoms with E-state index in [1.807, 2.05) is 30.3 Å². The summed E-state index contributed by atoms with van der Waals surface area (Å²) in [6.07, 6.45) is 1.65. The molecule has 158 valence electrons. The molecule has 1 aliphatic heterocycles. The highest BCUT2D eigenvalue weighted by Crippen LogP contribution is 2.35. The van der Waals surface area contributed by atoms with Crippen molar-refractivity contribution in [2.24, 2.45) is 0 Å². The van der Waals surface area contributed by atoms with Gasteiger partial charge in [0.1, 0.15) is 28.0 Å². The van der Waals surface area contributed by atoms with E-state index < -0.39 is 0 Å². The second-order valence-electron chi connectivity index (χ2n) is 7.54. The Hall–Kier alpha value is -2.90. The Labute approximate surface area is 190 Å². The average Bonchev–Trinajstić information content (AvgIpc) is 3.25. The zero-order chi connectivity index (χ0) is 21.4. The van der Waals surface area contributed by atoms with Gasteiger partial charge in [-0.3, -0.25) is 0 Å². The molecule has 5 rings (SSSR count). The average molecular weight is 452 g/mol. The molecule has 6 nitrogen and oxygen atoms in total. The molecule has 3 heterocycles. The van der Waals surface area contributed by atoms with Crippen molar-refractivity contribution >= 4 is 44.9 Å². The lowest BCUT2D eigenvalue weighted by atomic mass is 10.1. The maximum absolute atomic E-state index is 6.23. The summed E-state index contributed by atoms with van der Waals surface area (Å²) < 4.78 is 11.0. The lowest BCUT2D eigenvalue weighted by Gasteiger charge is -2.37. The van der Waals surface area contributed by atoms with Gasteiger partial charge in [-0.15, -0.1) is 0 Å². The summed E-state index contributed by atoms with van der Waals surface area (Å²) in [5.41, 5.74) is 5.26. The van der Waals surface area contributed by atoms with Crippen molar-refractivity contribution in [3.05, 3.63) is 59.4 Å². The van der Waals surface area contributed by atoms with Crippen LogP contribution in [0.5, 0.6) is 5.75 Å². The van der Waals surface area contributed by atoms with E-state index >= 15 is 0 Å². The van der Waals surface area contributed by atoms with Crippen LogP contribution < -0.4 is 14.5 Å². The number of nitrogens with zero attached hydrogens (tertiary/aromatic N) is 5. The first-order valence-electron chi connectivity index (χ1n) is 10.1. The van der Waals surface area contributed by atoms with Gasteiger partial charge in [-0.05, 0) is 60.4 Å². The fourth-order valence-electron chi connectivity index (χ4n) is 4.00. The van der Waals surface area contributed by atoms with Gasteiger partial charge in [-0.1, -0.05) is 17.7 Å². The van der Waals surface area contributed by atoms with Gasteiger partial charge in [0.2, 0.25) is 0 Å². The van der Waals surface area contributed by atoms with E-state index in [4.69, 9.17) is 20.7 Å². The van der Waals surface area contributed by atoms with Crippen molar-refractivity contribution in [3.63, 3.8) is 0 Å². The van der Waals surface area contributed by atoms with Crippen LogP contribution in [0.2, 0.25) is 5.02 Å². The standard InChI is InChI=1S/C23H22ClN5OS/c1-15-3-6-17(24)13-19(15)28-9-11-29(12-10-28)23-22-21(25-14-26-23)20(27-31-22)16-4-7-18(30-2)8-5-16/h3-8,13-14H,9-12H2,1-2H3. The molecular formula is C23H22ClN5OS. The SMILES string of the molecule is COc1ccc(-c2nsc3c(N4CCN(c5cc(Cl)ccc5C)CC4)ncnc23)cc1. The highest BCUT2D eigenvalue weighted by molar-refractivity contribution is 7.14. The second-order valence-corrected chi connectivity index (χ2v) is 8.75. The Balaban J connectivity index is 1.40. The molecular weight excluding hydrogens is 430 g/mol. The molecule has 0 N–H and O–H groups in total.